The largest absolute Gasteiger partial charge is 0.379 e. The molecule has 2 N–H and O–H groups in total. The van der Waals surface area contributed by atoms with Gasteiger partial charge in [0, 0.05) is 18.7 Å². The monoisotopic (exact) mass is 439 g/mol. The molecule has 0 aliphatic carbocycles. The van der Waals surface area contributed by atoms with Gasteiger partial charge in [-0.1, -0.05) is 18.2 Å². The predicted octanol–water partition coefficient (Wildman–Crippen LogP) is 0.639. The zero-order chi connectivity index (χ0) is 21.1. The molecule has 2 aromatic rings. The molecular formula is C18H21N3O6S2. The first-order chi connectivity index (χ1) is 13.7. The Morgan fingerprint density at radius 2 is 1.62 bits per heavy atom. The van der Waals surface area contributed by atoms with Crippen LogP contribution in [-0.4, -0.2) is 53.4 Å². The topological polar surface area (TPSA) is 122 Å². The van der Waals surface area contributed by atoms with E-state index in [0.717, 1.165) is 5.56 Å². The number of sulfonamides is 2. The van der Waals surface area contributed by atoms with Crippen molar-refractivity contribution in [3.8, 4) is 0 Å². The highest BCUT2D eigenvalue weighted by atomic mass is 32.2. The van der Waals surface area contributed by atoms with Crippen LogP contribution >= 0.6 is 0 Å². The van der Waals surface area contributed by atoms with Crippen molar-refractivity contribution in [2.45, 2.75) is 16.7 Å². The van der Waals surface area contributed by atoms with Crippen molar-refractivity contribution in [1.82, 2.24) is 14.6 Å². The first kappa shape index (κ1) is 21.4. The number of hydrogen-bond acceptors (Lipinski definition) is 6. The van der Waals surface area contributed by atoms with Crippen LogP contribution in [0.1, 0.15) is 15.9 Å². The van der Waals surface area contributed by atoms with E-state index in [0.29, 0.717) is 13.2 Å². The Balaban J connectivity index is 1.74. The highest BCUT2D eigenvalue weighted by Gasteiger charge is 2.27. The van der Waals surface area contributed by atoms with Crippen molar-refractivity contribution in [3.05, 3.63) is 59.7 Å². The molecule has 9 nitrogen and oxygen atoms in total. The Morgan fingerprint density at radius 3 is 2.31 bits per heavy atom. The second kappa shape index (κ2) is 8.59. The maximum absolute atomic E-state index is 12.7. The van der Waals surface area contributed by atoms with E-state index in [9.17, 15) is 21.6 Å². The van der Waals surface area contributed by atoms with Crippen molar-refractivity contribution in [2.75, 3.05) is 26.3 Å². The minimum atomic E-state index is -3.96. The van der Waals surface area contributed by atoms with Crippen molar-refractivity contribution < 1.29 is 26.4 Å². The molecule has 0 atom stereocenters. The third kappa shape index (κ3) is 5.00. The molecule has 1 aliphatic heterocycles. The van der Waals surface area contributed by atoms with E-state index in [1.54, 1.807) is 19.1 Å². The van der Waals surface area contributed by atoms with E-state index < -0.39 is 26.0 Å². The molecule has 1 heterocycles. The van der Waals surface area contributed by atoms with Gasteiger partial charge in [0.05, 0.1) is 23.0 Å². The number of amides is 1. The summed E-state index contributed by atoms with van der Waals surface area (Å²) >= 11 is 0. The normalized spacial score (nSPS) is 15.8. The highest BCUT2D eigenvalue weighted by molar-refractivity contribution is 7.89. The van der Waals surface area contributed by atoms with Crippen molar-refractivity contribution in [2.24, 2.45) is 0 Å². The summed E-state index contributed by atoms with van der Waals surface area (Å²) in [5.41, 5.74) is 2.87. The second-order valence-electron chi connectivity index (χ2n) is 6.42. The molecule has 0 unspecified atom stereocenters. The van der Waals surface area contributed by atoms with Gasteiger partial charge in [0.2, 0.25) is 10.0 Å². The number of benzene rings is 2. The van der Waals surface area contributed by atoms with Gasteiger partial charge in [0.15, 0.2) is 0 Å². The third-order valence-corrected chi connectivity index (χ3v) is 7.44. The van der Waals surface area contributed by atoms with Crippen LogP contribution in [0.3, 0.4) is 0 Å². The molecule has 2 aromatic carbocycles. The van der Waals surface area contributed by atoms with Gasteiger partial charge in [0.1, 0.15) is 0 Å². The average molecular weight is 440 g/mol. The number of hydrogen-bond donors (Lipinski definition) is 2. The zero-order valence-electron chi connectivity index (χ0n) is 15.7. The van der Waals surface area contributed by atoms with Crippen LogP contribution in [0.25, 0.3) is 0 Å². The summed E-state index contributed by atoms with van der Waals surface area (Å²) in [4.78, 5) is 14.4. The van der Waals surface area contributed by atoms with Gasteiger partial charge < -0.3 is 4.74 Å². The fourth-order valence-corrected chi connectivity index (χ4v) is 5.16. The molecule has 1 saturated heterocycles. The predicted molar refractivity (Wildman–Crippen MR) is 105 cm³/mol. The lowest BCUT2D eigenvalue weighted by atomic mass is 10.2. The molecule has 1 amide bonds. The third-order valence-electron chi connectivity index (χ3n) is 4.30. The van der Waals surface area contributed by atoms with Crippen LogP contribution in [0.4, 0.5) is 0 Å². The number of nitrogens with one attached hydrogen (secondary N) is 2. The first-order valence-electron chi connectivity index (χ1n) is 8.77. The summed E-state index contributed by atoms with van der Waals surface area (Å²) in [5.74, 6) is -0.778. The van der Waals surface area contributed by atoms with E-state index in [2.05, 4.69) is 5.43 Å². The first-order valence-corrected chi connectivity index (χ1v) is 11.7. The minimum absolute atomic E-state index is 0.00134. The smallest absolute Gasteiger partial charge is 0.266 e. The van der Waals surface area contributed by atoms with Crippen LogP contribution in [-0.2, 0) is 24.8 Å². The van der Waals surface area contributed by atoms with Crippen LogP contribution < -0.4 is 10.3 Å². The van der Waals surface area contributed by atoms with Crippen LogP contribution in [0.5, 0.6) is 0 Å². The lowest BCUT2D eigenvalue weighted by molar-refractivity contribution is 0.0730. The molecule has 1 aliphatic rings. The summed E-state index contributed by atoms with van der Waals surface area (Å²) < 4.78 is 56.5. The van der Waals surface area contributed by atoms with Crippen molar-refractivity contribution >= 4 is 26.0 Å². The molecule has 0 saturated carbocycles. The molecule has 29 heavy (non-hydrogen) atoms. The van der Waals surface area contributed by atoms with E-state index in [-0.39, 0.29) is 28.4 Å². The molecule has 1 fully saturated rings. The number of carbonyl (C=O) groups excluding carboxylic acids is 1. The molecule has 0 radical (unpaired) electrons. The Hall–Kier alpha value is -2.31. The molecule has 0 spiro atoms. The number of nitrogens with zero attached hydrogens (tertiary/aromatic N) is 1. The standard InChI is InChI=1S/C18H21N3O6S2/c1-14-4-2-6-16(12-14)28(23,24)20-19-18(22)15-5-3-7-17(13-15)29(25,26)21-8-10-27-11-9-21/h2-7,12-13,20H,8-11H2,1H3,(H,19,22). The fraction of sp³-hybridized carbons (Fsp3) is 0.278. The van der Waals surface area contributed by atoms with Gasteiger partial charge in [-0.3, -0.25) is 10.2 Å². The maximum Gasteiger partial charge on any atom is 0.266 e. The number of aryl methyl sites for hydroxylation is 1. The summed E-state index contributed by atoms with van der Waals surface area (Å²) in [5, 5.41) is 0. The van der Waals surface area contributed by atoms with E-state index in [1.807, 2.05) is 4.83 Å². The highest BCUT2D eigenvalue weighted by Crippen LogP contribution is 2.18. The summed E-state index contributed by atoms with van der Waals surface area (Å²) in [6, 6.07) is 11.6. The van der Waals surface area contributed by atoms with Gasteiger partial charge >= 0.3 is 0 Å². The van der Waals surface area contributed by atoms with Gasteiger partial charge in [-0.25, -0.2) is 16.8 Å². The van der Waals surface area contributed by atoms with E-state index in [4.69, 9.17) is 4.74 Å². The molecular weight excluding hydrogens is 418 g/mol. The fourth-order valence-electron chi connectivity index (χ4n) is 2.76. The van der Waals surface area contributed by atoms with Crippen LogP contribution in [0, 0.1) is 6.92 Å². The maximum atomic E-state index is 12.7. The van der Waals surface area contributed by atoms with Gasteiger partial charge in [0.25, 0.3) is 15.9 Å². The van der Waals surface area contributed by atoms with E-state index in [1.165, 1.54) is 40.7 Å². The average Bonchev–Trinajstić information content (AvgIpc) is 2.73. The molecule has 0 aromatic heterocycles. The number of morpholine rings is 1. The Bertz CT molecular complexity index is 1110. The number of rotatable bonds is 6. The van der Waals surface area contributed by atoms with Crippen molar-refractivity contribution in [1.29, 1.82) is 0 Å². The molecule has 0 bridgehead atoms. The van der Waals surface area contributed by atoms with E-state index >= 15 is 0 Å². The molecule has 3 rings (SSSR count). The Morgan fingerprint density at radius 1 is 0.966 bits per heavy atom. The number of carbonyl (C=O) groups is 1. The van der Waals surface area contributed by atoms with Gasteiger partial charge in [-0.2, -0.15) is 4.31 Å². The quantitative estimate of drug-likeness (QED) is 0.637. The lowest BCUT2D eigenvalue weighted by Crippen LogP contribution is -2.42. The second-order valence-corrected chi connectivity index (χ2v) is 10.0. The Kier molecular flexibility index (Phi) is 6.34. The Labute approximate surface area is 169 Å². The summed E-state index contributed by atoms with van der Waals surface area (Å²) in [6.07, 6.45) is 0. The SMILES string of the molecule is Cc1cccc(S(=O)(=O)NNC(=O)c2cccc(S(=O)(=O)N3CCOCC3)c2)c1. The lowest BCUT2D eigenvalue weighted by Gasteiger charge is -2.26. The molecule has 156 valence electrons. The van der Waals surface area contributed by atoms with Gasteiger partial charge in [-0.05, 0) is 42.8 Å². The molecule has 11 heteroatoms. The zero-order valence-corrected chi connectivity index (χ0v) is 17.3. The summed E-state index contributed by atoms with van der Waals surface area (Å²) in [7, 11) is -7.74. The number of ether oxygens (including phenoxy) is 1. The van der Waals surface area contributed by atoms with Crippen molar-refractivity contribution in [3.63, 3.8) is 0 Å². The van der Waals surface area contributed by atoms with Crippen LogP contribution in [0.15, 0.2) is 58.3 Å². The number of hydrazine groups is 1. The van der Waals surface area contributed by atoms with Crippen LogP contribution in [0.2, 0.25) is 0 Å². The minimum Gasteiger partial charge on any atom is -0.379 e. The van der Waals surface area contributed by atoms with Gasteiger partial charge in [-0.15, -0.1) is 4.83 Å². The summed E-state index contributed by atoms with van der Waals surface area (Å²) in [6.45, 7) is 2.82.